The van der Waals surface area contributed by atoms with Crippen molar-refractivity contribution in [3.05, 3.63) is 0 Å². The normalized spacial score (nSPS) is 34.5. The molecular formula is C14H23N. The molecule has 15 heavy (non-hydrogen) atoms. The first-order valence-electron chi connectivity index (χ1n) is 6.55. The highest BCUT2D eigenvalue weighted by Crippen LogP contribution is 2.59. The van der Waals surface area contributed by atoms with E-state index in [1.165, 1.54) is 32.1 Å². The summed E-state index contributed by atoms with van der Waals surface area (Å²) in [6.45, 7) is 3.32. The van der Waals surface area contributed by atoms with E-state index in [0.29, 0.717) is 0 Å². The number of terminal acetylenes is 1. The summed E-state index contributed by atoms with van der Waals surface area (Å²) in [5, 5.41) is 3.66. The van der Waals surface area contributed by atoms with Gasteiger partial charge in [0.25, 0.3) is 0 Å². The highest BCUT2D eigenvalue weighted by molar-refractivity contribution is 5.06. The van der Waals surface area contributed by atoms with Gasteiger partial charge in [-0.05, 0) is 50.0 Å². The van der Waals surface area contributed by atoms with E-state index in [0.717, 1.165) is 36.8 Å². The molecule has 0 saturated heterocycles. The van der Waals surface area contributed by atoms with E-state index in [1.54, 1.807) is 0 Å². The molecule has 2 saturated carbocycles. The fourth-order valence-corrected chi connectivity index (χ4v) is 3.59. The maximum atomic E-state index is 5.30. The molecule has 3 unspecified atom stereocenters. The van der Waals surface area contributed by atoms with Crippen molar-refractivity contribution >= 4 is 0 Å². The molecule has 2 rings (SSSR count). The summed E-state index contributed by atoms with van der Waals surface area (Å²) in [6.07, 6.45) is 13.2. The lowest BCUT2D eigenvalue weighted by Crippen LogP contribution is -2.32. The van der Waals surface area contributed by atoms with Crippen LogP contribution in [-0.2, 0) is 0 Å². The van der Waals surface area contributed by atoms with Gasteiger partial charge in [-0.3, -0.25) is 0 Å². The molecule has 3 atom stereocenters. The molecule has 0 spiro atoms. The zero-order valence-electron chi connectivity index (χ0n) is 9.84. The average Bonchev–Trinajstić information content (AvgIpc) is 2.71. The molecule has 2 aliphatic rings. The van der Waals surface area contributed by atoms with E-state index >= 15 is 0 Å². The SMILES string of the molecule is C#CCCCC(NCC)C1C2CCCC21. The second-order valence-electron chi connectivity index (χ2n) is 5.10. The standard InChI is InChI=1S/C14H23N/c1-3-5-6-10-13(15-4-2)14-11-8-7-9-12(11)14/h1,11-15H,4-10H2,2H3. The van der Waals surface area contributed by atoms with E-state index in [4.69, 9.17) is 6.42 Å². The summed E-state index contributed by atoms with van der Waals surface area (Å²) in [5.74, 6) is 5.88. The van der Waals surface area contributed by atoms with Crippen molar-refractivity contribution in [2.45, 2.75) is 51.5 Å². The topological polar surface area (TPSA) is 12.0 Å². The zero-order chi connectivity index (χ0) is 10.7. The van der Waals surface area contributed by atoms with Crippen LogP contribution in [0.5, 0.6) is 0 Å². The van der Waals surface area contributed by atoms with Crippen molar-refractivity contribution < 1.29 is 0 Å². The summed E-state index contributed by atoms with van der Waals surface area (Å²) in [4.78, 5) is 0. The van der Waals surface area contributed by atoms with Gasteiger partial charge in [-0.25, -0.2) is 0 Å². The molecule has 0 heterocycles. The van der Waals surface area contributed by atoms with Gasteiger partial charge in [-0.2, -0.15) is 0 Å². The summed E-state index contributed by atoms with van der Waals surface area (Å²) in [5.41, 5.74) is 0. The summed E-state index contributed by atoms with van der Waals surface area (Å²) >= 11 is 0. The molecule has 0 bridgehead atoms. The van der Waals surface area contributed by atoms with Gasteiger partial charge in [0.1, 0.15) is 0 Å². The van der Waals surface area contributed by atoms with Crippen molar-refractivity contribution in [3.8, 4) is 12.3 Å². The number of fused-ring (bicyclic) bond motifs is 1. The molecule has 2 fully saturated rings. The predicted molar refractivity (Wildman–Crippen MR) is 64.5 cm³/mol. The third kappa shape index (κ3) is 2.37. The molecule has 0 aromatic heterocycles. The van der Waals surface area contributed by atoms with Crippen molar-refractivity contribution in [1.29, 1.82) is 0 Å². The molecule has 1 nitrogen and oxygen atoms in total. The molecular weight excluding hydrogens is 182 g/mol. The fraction of sp³-hybridized carbons (Fsp3) is 0.857. The Balaban J connectivity index is 1.77. The van der Waals surface area contributed by atoms with E-state index in [-0.39, 0.29) is 0 Å². The Bertz CT molecular complexity index is 230. The first-order chi connectivity index (χ1) is 7.38. The minimum absolute atomic E-state index is 0.763. The van der Waals surface area contributed by atoms with Crippen LogP contribution in [0.25, 0.3) is 0 Å². The van der Waals surface area contributed by atoms with Gasteiger partial charge in [0, 0.05) is 12.5 Å². The van der Waals surface area contributed by atoms with E-state index in [2.05, 4.69) is 18.2 Å². The molecule has 0 amide bonds. The average molecular weight is 205 g/mol. The quantitative estimate of drug-likeness (QED) is 0.519. The molecule has 0 aliphatic heterocycles. The Hall–Kier alpha value is -0.480. The Morgan fingerprint density at radius 3 is 2.73 bits per heavy atom. The lowest BCUT2D eigenvalue weighted by atomic mass is 9.99. The molecule has 0 aromatic rings. The number of unbranched alkanes of at least 4 members (excludes halogenated alkanes) is 1. The zero-order valence-corrected chi connectivity index (χ0v) is 9.84. The number of hydrogen-bond donors (Lipinski definition) is 1. The lowest BCUT2D eigenvalue weighted by molar-refractivity contribution is 0.386. The van der Waals surface area contributed by atoms with Crippen LogP contribution in [0, 0.1) is 30.1 Å². The van der Waals surface area contributed by atoms with Crippen molar-refractivity contribution in [2.75, 3.05) is 6.54 Å². The first-order valence-corrected chi connectivity index (χ1v) is 6.55. The fourth-order valence-electron chi connectivity index (χ4n) is 3.59. The van der Waals surface area contributed by atoms with Gasteiger partial charge < -0.3 is 5.32 Å². The Kier molecular flexibility index (Phi) is 3.70. The number of nitrogens with one attached hydrogen (secondary N) is 1. The predicted octanol–water partition coefficient (Wildman–Crippen LogP) is 2.81. The molecule has 0 aromatic carbocycles. The van der Waals surface area contributed by atoms with Crippen LogP contribution < -0.4 is 5.32 Å². The van der Waals surface area contributed by atoms with Gasteiger partial charge in [-0.15, -0.1) is 12.3 Å². The van der Waals surface area contributed by atoms with E-state index < -0.39 is 0 Å². The number of rotatable bonds is 6. The minimum atomic E-state index is 0.763. The Morgan fingerprint density at radius 1 is 1.40 bits per heavy atom. The largest absolute Gasteiger partial charge is 0.314 e. The second kappa shape index (κ2) is 5.03. The molecule has 1 heteroatoms. The van der Waals surface area contributed by atoms with Crippen LogP contribution >= 0.6 is 0 Å². The molecule has 2 aliphatic carbocycles. The Morgan fingerprint density at radius 2 is 2.13 bits per heavy atom. The second-order valence-corrected chi connectivity index (χ2v) is 5.10. The van der Waals surface area contributed by atoms with Crippen LogP contribution in [0.3, 0.4) is 0 Å². The summed E-state index contributed by atoms with van der Waals surface area (Å²) < 4.78 is 0. The highest BCUT2D eigenvalue weighted by Gasteiger charge is 2.55. The van der Waals surface area contributed by atoms with Crippen molar-refractivity contribution in [1.82, 2.24) is 5.32 Å². The summed E-state index contributed by atoms with van der Waals surface area (Å²) in [7, 11) is 0. The van der Waals surface area contributed by atoms with Crippen LogP contribution in [-0.4, -0.2) is 12.6 Å². The monoisotopic (exact) mass is 205 g/mol. The smallest absolute Gasteiger partial charge is 0.0101 e. The van der Waals surface area contributed by atoms with Crippen LogP contribution in [0.15, 0.2) is 0 Å². The van der Waals surface area contributed by atoms with Crippen LogP contribution in [0.4, 0.5) is 0 Å². The van der Waals surface area contributed by atoms with E-state index in [1.807, 2.05) is 0 Å². The van der Waals surface area contributed by atoms with Gasteiger partial charge in [0.15, 0.2) is 0 Å². The highest BCUT2D eigenvalue weighted by atomic mass is 14.9. The van der Waals surface area contributed by atoms with Crippen molar-refractivity contribution in [2.24, 2.45) is 17.8 Å². The lowest BCUT2D eigenvalue weighted by Gasteiger charge is -2.19. The van der Waals surface area contributed by atoms with Gasteiger partial charge >= 0.3 is 0 Å². The molecule has 84 valence electrons. The van der Waals surface area contributed by atoms with E-state index in [9.17, 15) is 0 Å². The van der Waals surface area contributed by atoms with Gasteiger partial charge in [-0.1, -0.05) is 13.3 Å². The molecule has 0 radical (unpaired) electrons. The number of hydrogen-bond acceptors (Lipinski definition) is 1. The van der Waals surface area contributed by atoms with Gasteiger partial charge in [0.05, 0.1) is 0 Å². The third-order valence-electron chi connectivity index (χ3n) is 4.24. The van der Waals surface area contributed by atoms with Gasteiger partial charge in [0.2, 0.25) is 0 Å². The maximum absolute atomic E-state index is 5.30. The summed E-state index contributed by atoms with van der Waals surface area (Å²) in [6, 6.07) is 0.763. The maximum Gasteiger partial charge on any atom is 0.0101 e. The Labute approximate surface area is 94.0 Å². The minimum Gasteiger partial charge on any atom is -0.314 e. The van der Waals surface area contributed by atoms with Crippen LogP contribution in [0.1, 0.15) is 45.4 Å². The van der Waals surface area contributed by atoms with Crippen molar-refractivity contribution in [3.63, 3.8) is 0 Å². The van der Waals surface area contributed by atoms with Crippen LogP contribution in [0.2, 0.25) is 0 Å². The first kappa shape index (κ1) is 11.0. The molecule has 1 N–H and O–H groups in total. The third-order valence-corrected chi connectivity index (χ3v) is 4.24.